The number of nitrogens with zero attached hydrogens (tertiary/aromatic N) is 2. The first kappa shape index (κ1) is 13.2. The Morgan fingerprint density at radius 1 is 1.47 bits per heavy atom. The fraction of sp³-hybridized carbons (Fsp3) is 0.444. The van der Waals surface area contributed by atoms with Crippen molar-refractivity contribution < 1.29 is 22.8 Å². The largest absolute Gasteiger partial charge is 0.493 e. The monoisotopic (exact) mass is 250 g/mol. The third kappa shape index (κ3) is 3.05. The van der Waals surface area contributed by atoms with Gasteiger partial charge in [-0.1, -0.05) is 13.8 Å². The summed E-state index contributed by atoms with van der Waals surface area (Å²) in [6, 6.07) is 0.898. The number of carbonyl (C=O) groups excluding carboxylic acids is 1. The number of alkyl halides is 3. The molecule has 0 saturated heterocycles. The predicted octanol–water partition coefficient (Wildman–Crippen LogP) is 0.884. The summed E-state index contributed by atoms with van der Waals surface area (Å²) in [5, 5.41) is 0. The van der Waals surface area contributed by atoms with Gasteiger partial charge in [-0.15, -0.1) is 4.73 Å². The minimum atomic E-state index is -5.16. The van der Waals surface area contributed by atoms with E-state index < -0.39 is 17.7 Å². The molecule has 0 saturated carbocycles. The number of hydrogen-bond acceptors (Lipinski definition) is 4. The molecule has 5 nitrogen and oxygen atoms in total. The van der Waals surface area contributed by atoms with Crippen LogP contribution in [0.4, 0.5) is 13.2 Å². The molecule has 1 aromatic rings. The molecule has 1 heterocycles. The topological polar surface area (TPSA) is 61.2 Å². The summed E-state index contributed by atoms with van der Waals surface area (Å²) < 4.78 is 36.2. The zero-order chi connectivity index (χ0) is 13.2. The highest BCUT2D eigenvalue weighted by molar-refractivity contribution is 5.75. The van der Waals surface area contributed by atoms with Gasteiger partial charge in [-0.05, 0) is 0 Å². The molecule has 0 atom stereocenters. The maximum absolute atomic E-state index is 12.0. The van der Waals surface area contributed by atoms with Gasteiger partial charge in [-0.2, -0.15) is 13.2 Å². The van der Waals surface area contributed by atoms with Crippen molar-refractivity contribution in [1.82, 2.24) is 9.71 Å². The van der Waals surface area contributed by atoms with Gasteiger partial charge in [0.25, 0.3) is 5.56 Å². The normalized spacial score (nSPS) is 11.6. The summed E-state index contributed by atoms with van der Waals surface area (Å²) in [6.07, 6.45) is -4.03. The second kappa shape index (κ2) is 4.56. The smallest absolute Gasteiger partial charge is 0.323 e. The van der Waals surface area contributed by atoms with E-state index in [4.69, 9.17) is 0 Å². The van der Waals surface area contributed by atoms with E-state index in [0.29, 0.717) is 0 Å². The Balaban J connectivity index is 3.14. The molecule has 1 aromatic heterocycles. The van der Waals surface area contributed by atoms with E-state index in [0.717, 1.165) is 12.3 Å². The third-order valence-corrected chi connectivity index (χ3v) is 1.75. The molecular formula is C9H9F3N2O3. The third-order valence-electron chi connectivity index (χ3n) is 1.75. The lowest BCUT2D eigenvalue weighted by Gasteiger charge is -2.13. The summed E-state index contributed by atoms with van der Waals surface area (Å²) in [6.45, 7) is 3.19. The molecule has 0 aliphatic rings. The van der Waals surface area contributed by atoms with E-state index in [2.05, 4.69) is 9.82 Å². The number of hydrogen-bond donors (Lipinski definition) is 0. The van der Waals surface area contributed by atoms with Gasteiger partial charge < -0.3 is 4.84 Å². The molecule has 0 N–H and O–H groups in total. The Hall–Kier alpha value is -1.86. The minimum absolute atomic E-state index is 0.0601. The predicted molar refractivity (Wildman–Crippen MR) is 50.2 cm³/mol. The Labute approximate surface area is 93.8 Å². The second-order valence-corrected chi connectivity index (χ2v) is 3.47. The fourth-order valence-electron chi connectivity index (χ4n) is 1.02. The van der Waals surface area contributed by atoms with Crippen molar-refractivity contribution in [3.05, 3.63) is 28.4 Å². The van der Waals surface area contributed by atoms with E-state index in [-0.39, 0.29) is 16.5 Å². The van der Waals surface area contributed by atoms with Crippen LogP contribution < -0.4 is 10.4 Å². The van der Waals surface area contributed by atoms with Crippen molar-refractivity contribution >= 4 is 5.97 Å². The molecule has 0 aromatic carbocycles. The maximum atomic E-state index is 12.0. The first-order chi connectivity index (χ1) is 7.73. The van der Waals surface area contributed by atoms with Crippen molar-refractivity contribution in [1.29, 1.82) is 0 Å². The Morgan fingerprint density at radius 3 is 2.53 bits per heavy atom. The van der Waals surface area contributed by atoms with Crippen molar-refractivity contribution in [3.8, 4) is 0 Å². The number of rotatable bonds is 2. The minimum Gasteiger partial charge on any atom is -0.323 e. The first-order valence-electron chi connectivity index (χ1n) is 4.61. The Bertz CT molecular complexity index is 479. The van der Waals surface area contributed by atoms with E-state index >= 15 is 0 Å². The average Bonchev–Trinajstić information content (AvgIpc) is 2.18. The van der Waals surface area contributed by atoms with Crippen LogP contribution in [-0.4, -0.2) is 21.9 Å². The quantitative estimate of drug-likeness (QED) is 0.781. The lowest BCUT2D eigenvalue weighted by atomic mass is 10.2. The standard InChI is InChI=1S/C9H9F3N2O3/c1-5(2)7-13-4-3-6(15)14(7)17-8(16)9(10,11)12/h3-5H,1-2H3. The second-order valence-electron chi connectivity index (χ2n) is 3.47. The molecule has 94 valence electrons. The van der Waals surface area contributed by atoms with Gasteiger partial charge in [-0.25, -0.2) is 9.78 Å². The molecule has 0 aliphatic heterocycles. The van der Waals surface area contributed by atoms with Crippen LogP contribution >= 0.6 is 0 Å². The lowest BCUT2D eigenvalue weighted by molar-refractivity contribution is -0.200. The molecule has 0 radical (unpaired) electrons. The molecule has 8 heteroatoms. The van der Waals surface area contributed by atoms with Crippen LogP contribution in [0.3, 0.4) is 0 Å². The molecular weight excluding hydrogens is 241 g/mol. The maximum Gasteiger partial charge on any atom is 0.493 e. The van der Waals surface area contributed by atoms with E-state index in [1.54, 1.807) is 13.8 Å². The average molecular weight is 250 g/mol. The molecule has 0 spiro atoms. The zero-order valence-corrected chi connectivity index (χ0v) is 8.99. The van der Waals surface area contributed by atoms with Gasteiger partial charge in [0.1, 0.15) is 0 Å². The summed E-state index contributed by atoms with van der Waals surface area (Å²) in [5.74, 6) is -2.89. The lowest BCUT2D eigenvalue weighted by Crippen LogP contribution is -2.40. The summed E-state index contributed by atoms with van der Waals surface area (Å²) in [7, 11) is 0. The highest BCUT2D eigenvalue weighted by Gasteiger charge is 2.42. The molecule has 0 fully saturated rings. The van der Waals surface area contributed by atoms with Crippen molar-refractivity contribution in [2.75, 3.05) is 0 Å². The van der Waals surface area contributed by atoms with Crippen LogP contribution in [0.25, 0.3) is 0 Å². The number of halogens is 3. The van der Waals surface area contributed by atoms with Crippen LogP contribution in [0, 0.1) is 0 Å². The van der Waals surface area contributed by atoms with Crippen LogP contribution in [0.5, 0.6) is 0 Å². The van der Waals surface area contributed by atoms with E-state index in [1.165, 1.54) is 0 Å². The van der Waals surface area contributed by atoms with Gasteiger partial charge in [0.15, 0.2) is 5.82 Å². The fourth-order valence-corrected chi connectivity index (χ4v) is 1.02. The molecule has 0 aliphatic carbocycles. The van der Waals surface area contributed by atoms with E-state index in [9.17, 15) is 22.8 Å². The van der Waals surface area contributed by atoms with Crippen molar-refractivity contribution in [3.63, 3.8) is 0 Å². The Kier molecular flexibility index (Phi) is 3.54. The molecule has 1 rings (SSSR count). The van der Waals surface area contributed by atoms with Gasteiger partial charge in [0, 0.05) is 18.2 Å². The zero-order valence-electron chi connectivity index (χ0n) is 8.99. The van der Waals surface area contributed by atoms with Crippen molar-refractivity contribution in [2.24, 2.45) is 0 Å². The van der Waals surface area contributed by atoms with Crippen LogP contribution in [0.1, 0.15) is 25.6 Å². The summed E-state index contributed by atoms with van der Waals surface area (Å²) in [5.41, 5.74) is -0.888. The highest BCUT2D eigenvalue weighted by Crippen LogP contribution is 2.15. The van der Waals surface area contributed by atoms with Gasteiger partial charge >= 0.3 is 12.1 Å². The highest BCUT2D eigenvalue weighted by atomic mass is 19.4. The molecule has 17 heavy (non-hydrogen) atoms. The summed E-state index contributed by atoms with van der Waals surface area (Å²) >= 11 is 0. The van der Waals surface area contributed by atoms with Crippen molar-refractivity contribution in [2.45, 2.75) is 25.9 Å². The molecule has 0 amide bonds. The molecule has 0 bridgehead atoms. The number of carbonyl (C=O) groups is 1. The van der Waals surface area contributed by atoms with Gasteiger partial charge in [-0.3, -0.25) is 4.79 Å². The molecule has 0 unspecified atom stereocenters. The Morgan fingerprint density at radius 2 is 2.06 bits per heavy atom. The van der Waals surface area contributed by atoms with Crippen LogP contribution in [0.15, 0.2) is 17.1 Å². The van der Waals surface area contributed by atoms with Crippen LogP contribution in [0.2, 0.25) is 0 Å². The first-order valence-corrected chi connectivity index (χ1v) is 4.61. The van der Waals surface area contributed by atoms with Crippen LogP contribution in [-0.2, 0) is 4.79 Å². The number of aromatic nitrogens is 2. The van der Waals surface area contributed by atoms with E-state index in [1.807, 2.05) is 0 Å². The SMILES string of the molecule is CC(C)c1nccc(=O)n1OC(=O)C(F)(F)F. The van der Waals surface area contributed by atoms with Gasteiger partial charge in [0.2, 0.25) is 0 Å². The summed E-state index contributed by atoms with van der Waals surface area (Å²) in [4.78, 5) is 29.6. The van der Waals surface area contributed by atoms with Gasteiger partial charge in [0.05, 0.1) is 0 Å².